The molecule has 0 aliphatic rings. The van der Waals surface area contributed by atoms with Crippen molar-refractivity contribution < 1.29 is 19.3 Å². The summed E-state index contributed by atoms with van der Waals surface area (Å²) < 4.78 is 0.880. The van der Waals surface area contributed by atoms with Gasteiger partial charge in [0, 0.05) is 38.4 Å². The molecule has 234 valence electrons. The maximum Gasteiger partial charge on any atom is 0.272 e. The second kappa shape index (κ2) is 15.7. The molecule has 47 heavy (non-hydrogen) atoms. The smallest absolute Gasteiger partial charge is 0.272 e. The van der Waals surface area contributed by atoms with E-state index in [9.17, 15) is 24.5 Å². The van der Waals surface area contributed by atoms with E-state index in [-0.39, 0.29) is 17.3 Å². The van der Waals surface area contributed by atoms with Crippen LogP contribution in [0.5, 0.6) is 0 Å². The molecule has 11 heteroatoms. The highest BCUT2D eigenvalue weighted by molar-refractivity contribution is 9.10. The number of carbonyl (C=O) groups is 3. The molecule has 0 heterocycles. The average Bonchev–Trinajstić information content (AvgIpc) is 3.09. The largest absolute Gasteiger partial charge is 0.325 e. The maximum atomic E-state index is 13.4. The van der Waals surface area contributed by atoms with Crippen LogP contribution in [0.15, 0.2) is 149 Å². The summed E-state index contributed by atoms with van der Waals surface area (Å²) in [6.45, 7) is 0. The van der Waals surface area contributed by atoms with Gasteiger partial charge in [-0.05, 0) is 77.9 Å². The van der Waals surface area contributed by atoms with E-state index in [2.05, 4.69) is 31.9 Å². The van der Waals surface area contributed by atoms with Crippen molar-refractivity contribution >= 4 is 68.6 Å². The molecule has 1 atom stereocenters. The minimum atomic E-state index is -0.638. The molecule has 0 fully saturated rings. The number of amides is 3. The van der Waals surface area contributed by atoms with E-state index >= 15 is 0 Å². The van der Waals surface area contributed by atoms with Gasteiger partial charge in [-0.1, -0.05) is 76.6 Å². The van der Waals surface area contributed by atoms with Gasteiger partial charge < -0.3 is 16.0 Å². The number of nitrogens with one attached hydrogen (secondary N) is 3. The van der Waals surface area contributed by atoms with E-state index < -0.39 is 22.0 Å². The first-order chi connectivity index (χ1) is 22.7. The summed E-state index contributed by atoms with van der Waals surface area (Å²) in [7, 11) is 0. The van der Waals surface area contributed by atoms with Crippen molar-refractivity contribution in [2.24, 2.45) is 0 Å². The average molecular weight is 708 g/mol. The SMILES string of the molecule is O=C(Nc1ccc(SC(C(=O)Nc2ccc([N+](=O)[O-])cc2)c2ccccc2)cc1)/C(=C/c1ccc(Br)cc1)NC(=O)c1ccccc1. The zero-order valence-corrected chi connectivity index (χ0v) is 27.0. The number of anilines is 2. The topological polar surface area (TPSA) is 130 Å². The lowest BCUT2D eigenvalue weighted by Gasteiger charge is -2.17. The maximum absolute atomic E-state index is 13.4. The van der Waals surface area contributed by atoms with Gasteiger partial charge in [-0.25, -0.2) is 0 Å². The van der Waals surface area contributed by atoms with Crippen molar-refractivity contribution in [3.8, 4) is 0 Å². The summed E-state index contributed by atoms with van der Waals surface area (Å²) >= 11 is 4.72. The predicted octanol–water partition coefficient (Wildman–Crippen LogP) is 8.24. The van der Waals surface area contributed by atoms with Crippen molar-refractivity contribution in [2.45, 2.75) is 10.1 Å². The molecule has 0 bridgehead atoms. The standard InChI is InChI=1S/C36H27BrN4O5S/c37-27-13-11-24(12-14-27)23-32(40-34(42)26-9-5-2-6-10-26)35(43)38-29-17-21-31(22-18-29)47-33(25-7-3-1-4-8-25)36(44)39-28-15-19-30(20-16-28)41(45)46/h1-23,33H,(H,38,43)(H,39,44)(H,40,42)/b32-23-. The second-order valence-electron chi connectivity index (χ2n) is 10.1. The summed E-state index contributed by atoms with van der Waals surface area (Å²) in [6.07, 6.45) is 1.60. The monoisotopic (exact) mass is 706 g/mol. The van der Waals surface area contributed by atoms with Crippen LogP contribution in [-0.2, 0) is 9.59 Å². The van der Waals surface area contributed by atoms with Gasteiger partial charge >= 0.3 is 0 Å². The van der Waals surface area contributed by atoms with Gasteiger partial charge in [0.15, 0.2) is 0 Å². The molecule has 3 N–H and O–H groups in total. The summed E-state index contributed by atoms with van der Waals surface area (Å²) in [5, 5.41) is 18.8. The van der Waals surface area contributed by atoms with Crippen LogP contribution in [0.2, 0.25) is 0 Å². The Kier molecular flexibility index (Phi) is 10.9. The van der Waals surface area contributed by atoms with E-state index in [1.54, 1.807) is 60.7 Å². The molecule has 0 aliphatic heterocycles. The highest BCUT2D eigenvalue weighted by atomic mass is 79.9. The predicted molar refractivity (Wildman–Crippen MR) is 188 cm³/mol. The van der Waals surface area contributed by atoms with Gasteiger partial charge in [0.1, 0.15) is 10.9 Å². The molecule has 9 nitrogen and oxygen atoms in total. The molecule has 3 amide bonds. The van der Waals surface area contributed by atoms with Crippen LogP contribution in [0.3, 0.4) is 0 Å². The molecule has 0 saturated carbocycles. The van der Waals surface area contributed by atoms with Crippen LogP contribution >= 0.6 is 27.7 Å². The van der Waals surface area contributed by atoms with Crippen LogP contribution < -0.4 is 16.0 Å². The van der Waals surface area contributed by atoms with Gasteiger partial charge in [-0.3, -0.25) is 24.5 Å². The minimum absolute atomic E-state index is 0.0617. The zero-order chi connectivity index (χ0) is 33.2. The highest BCUT2D eigenvalue weighted by Crippen LogP contribution is 2.37. The summed E-state index contributed by atoms with van der Waals surface area (Å²) in [5.74, 6) is -1.23. The fourth-order valence-electron chi connectivity index (χ4n) is 4.39. The van der Waals surface area contributed by atoms with Crippen LogP contribution in [0.4, 0.5) is 17.1 Å². The number of hydrogen-bond acceptors (Lipinski definition) is 6. The number of halogens is 1. The Morgan fingerprint density at radius 1 is 0.723 bits per heavy atom. The summed E-state index contributed by atoms with van der Waals surface area (Å²) in [4.78, 5) is 51.0. The van der Waals surface area contributed by atoms with Gasteiger partial charge in [-0.15, -0.1) is 11.8 Å². The molecular weight excluding hydrogens is 680 g/mol. The zero-order valence-electron chi connectivity index (χ0n) is 24.6. The molecule has 0 radical (unpaired) electrons. The summed E-state index contributed by atoms with van der Waals surface area (Å²) in [6, 6.07) is 37.8. The Morgan fingerprint density at radius 2 is 1.30 bits per heavy atom. The number of carbonyl (C=O) groups excluding carboxylic acids is 3. The third kappa shape index (κ3) is 9.25. The molecule has 0 aliphatic carbocycles. The van der Waals surface area contributed by atoms with E-state index in [4.69, 9.17) is 0 Å². The third-order valence-corrected chi connectivity index (χ3v) is 8.56. The lowest BCUT2D eigenvalue weighted by molar-refractivity contribution is -0.384. The number of nitro benzene ring substituents is 1. The van der Waals surface area contributed by atoms with Gasteiger partial charge in [0.05, 0.1) is 4.92 Å². The molecule has 5 aromatic rings. The second-order valence-corrected chi connectivity index (χ2v) is 12.2. The molecule has 1 unspecified atom stereocenters. The van der Waals surface area contributed by atoms with E-state index in [0.29, 0.717) is 16.9 Å². The molecule has 5 aromatic carbocycles. The molecule has 0 spiro atoms. The number of nitrogens with zero attached hydrogens (tertiary/aromatic N) is 1. The van der Waals surface area contributed by atoms with Crippen molar-refractivity contribution in [1.29, 1.82) is 0 Å². The fraction of sp³-hybridized carbons (Fsp3) is 0.0278. The molecule has 5 rings (SSSR count). The van der Waals surface area contributed by atoms with Gasteiger partial charge in [-0.2, -0.15) is 0 Å². The van der Waals surface area contributed by atoms with Crippen molar-refractivity contribution in [2.75, 3.05) is 10.6 Å². The van der Waals surface area contributed by atoms with E-state index in [0.717, 1.165) is 20.5 Å². The van der Waals surface area contributed by atoms with Crippen LogP contribution in [0.25, 0.3) is 6.08 Å². The fourth-order valence-corrected chi connectivity index (χ4v) is 5.68. The van der Waals surface area contributed by atoms with Crippen LogP contribution in [-0.4, -0.2) is 22.6 Å². The normalized spacial score (nSPS) is 11.6. The van der Waals surface area contributed by atoms with Crippen LogP contribution in [0, 0.1) is 10.1 Å². The first kappa shape index (κ1) is 32.9. The lowest BCUT2D eigenvalue weighted by Crippen LogP contribution is -2.30. The number of non-ortho nitro benzene ring substituents is 1. The first-order valence-electron chi connectivity index (χ1n) is 14.3. The van der Waals surface area contributed by atoms with E-state index in [1.807, 2.05) is 54.6 Å². The van der Waals surface area contributed by atoms with Crippen molar-refractivity contribution in [3.63, 3.8) is 0 Å². The Hall–Kier alpha value is -5.52. The number of benzene rings is 5. The first-order valence-corrected chi connectivity index (χ1v) is 15.9. The van der Waals surface area contributed by atoms with Crippen molar-refractivity contribution in [1.82, 2.24) is 5.32 Å². The highest BCUT2D eigenvalue weighted by Gasteiger charge is 2.23. The van der Waals surface area contributed by atoms with Gasteiger partial charge in [0.25, 0.3) is 17.5 Å². The molecular formula is C36H27BrN4O5S. The number of hydrogen-bond donors (Lipinski definition) is 3. The quantitative estimate of drug-likeness (QED) is 0.0549. The summed E-state index contributed by atoms with van der Waals surface area (Å²) in [5.41, 5.74) is 2.82. The Bertz CT molecular complexity index is 1900. The molecule has 0 aromatic heterocycles. The van der Waals surface area contributed by atoms with Gasteiger partial charge in [0.2, 0.25) is 5.91 Å². The van der Waals surface area contributed by atoms with Crippen LogP contribution in [0.1, 0.15) is 26.7 Å². The number of nitro groups is 1. The minimum Gasteiger partial charge on any atom is -0.325 e. The molecule has 0 saturated heterocycles. The Labute approximate surface area is 283 Å². The Morgan fingerprint density at radius 3 is 1.91 bits per heavy atom. The van der Waals surface area contributed by atoms with Crippen molar-refractivity contribution in [3.05, 3.63) is 170 Å². The number of rotatable bonds is 11. The number of thioether (sulfide) groups is 1. The Balaban J connectivity index is 1.31. The van der Waals surface area contributed by atoms with E-state index in [1.165, 1.54) is 36.0 Å². The lowest BCUT2D eigenvalue weighted by atomic mass is 10.1. The third-order valence-electron chi connectivity index (χ3n) is 6.76.